The van der Waals surface area contributed by atoms with Gasteiger partial charge >= 0.3 is 0 Å². The van der Waals surface area contributed by atoms with Crippen molar-refractivity contribution in [2.24, 2.45) is 5.41 Å². The zero-order chi connectivity index (χ0) is 19.7. The first-order chi connectivity index (χ1) is 13.5. The van der Waals surface area contributed by atoms with Crippen LogP contribution in [0.4, 0.5) is 0 Å². The van der Waals surface area contributed by atoms with Crippen molar-refractivity contribution in [1.82, 2.24) is 14.4 Å². The summed E-state index contributed by atoms with van der Waals surface area (Å²) in [5.41, 5.74) is 2.63. The van der Waals surface area contributed by atoms with Crippen LogP contribution in [0.15, 0.2) is 48.7 Å². The van der Waals surface area contributed by atoms with Crippen molar-refractivity contribution in [3.05, 3.63) is 59.9 Å². The molecule has 1 aromatic heterocycles. The Hall–Kier alpha value is -2.07. The Balaban J connectivity index is 1.45. The molecule has 0 N–H and O–H groups in total. The molecule has 1 spiro atoms. The van der Waals surface area contributed by atoms with Gasteiger partial charge in [-0.25, -0.2) is 0 Å². The Morgan fingerprint density at radius 1 is 1.07 bits per heavy atom. The number of likely N-dealkylation sites (tertiary alicyclic amines) is 2. The van der Waals surface area contributed by atoms with E-state index in [0.29, 0.717) is 17.4 Å². The van der Waals surface area contributed by atoms with Crippen LogP contribution >= 0.6 is 0 Å². The second-order valence-electron chi connectivity index (χ2n) is 9.20. The van der Waals surface area contributed by atoms with Crippen molar-refractivity contribution in [3.8, 4) is 0 Å². The van der Waals surface area contributed by atoms with Crippen LogP contribution in [0.1, 0.15) is 61.1 Å². The first-order valence-corrected chi connectivity index (χ1v) is 10.7. The topological polar surface area (TPSA) is 28.5 Å². The highest BCUT2D eigenvalue weighted by molar-refractivity contribution is 5.92. The van der Waals surface area contributed by atoms with Gasteiger partial charge in [-0.05, 0) is 69.2 Å². The minimum absolute atomic E-state index is 0.192. The van der Waals surface area contributed by atoms with E-state index in [9.17, 15) is 4.79 Å². The van der Waals surface area contributed by atoms with E-state index < -0.39 is 0 Å². The van der Waals surface area contributed by atoms with Gasteiger partial charge in [0.2, 0.25) is 0 Å². The SMILES string of the molecule is CC(C)n1cccc1C(=O)N1CCC2(CC1)C[C@@H](c1ccccc1)CN(C)C2. The first kappa shape index (κ1) is 19.3. The minimum atomic E-state index is 0.192. The van der Waals surface area contributed by atoms with Crippen LogP contribution in [0.5, 0.6) is 0 Å². The van der Waals surface area contributed by atoms with Crippen molar-refractivity contribution in [3.63, 3.8) is 0 Å². The number of carbonyl (C=O) groups excluding carboxylic acids is 1. The lowest BCUT2D eigenvalue weighted by atomic mass is 9.68. The van der Waals surface area contributed by atoms with E-state index in [-0.39, 0.29) is 5.91 Å². The second-order valence-corrected chi connectivity index (χ2v) is 9.20. The van der Waals surface area contributed by atoms with Gasteiger partial charge in [-0.2, -0.15) is 0 Å². The lowest BCUT2D eigenvalue weighted by Gasteiger charge is -2.49. The summed E-state index contributed by atoms with van der Waals surface area (Å²) in [6.45, 7) is 8.29. The maximum atomic E-state index is 13.1. The maximum Gasteiger partial charge on any atom is 0.270 e. The predicted molar refractivity (Wildman–Crippen MR) is 114 cm³/mol. The molecule has 1 amide bonds. The number of nitrogens with zero attached hydrogens (tertiary/aromatic N) is 3. The van der Waals surface area contributed by atoms with Crippen LogP contribution in [0.3, 0.4) is 0 Å². The standard InChI is InChI=1S/C24H33N3O/c1-19(2)27-13-7-10-22(27)23(28)26-14-11-24(12-15-26)16-21(17-25(3)18-24)20-8-5-4-6-9-20/h4-10,13,19,21H,11-12,14-18H2,1-3H3/t21-/m1/s1. The molecule has 28 heavy (non-hydrogen) atoms. The maximum absolute atomic E-state index is 13.1. The fourth-order valence-electron chi connectivity index (χ4n) is 5.35. The zero-order valence-corrected chi connectivity index (χ0v) is 17.5. The quantitative estimate of drug-likeness (QED) is 0.790. The van der Waals surface area contributed by atoms with E-state index in [2.05, 4.69) is 65.6 Å². The van der Waals surface area contributed by atoms with Crippen LogP contribution in [0, 0.1) is 5.41 Å². The molecule has 4 rings (SSSR count). The Bertz CT molecular complexity index is 802. The third-order valence-electron chi connectivity index (χ3n) is 6.75. The van der Waals surface area contributed by atoms with Gasteiger partial charge in [0.15, 0.2) is 0 Å². The summed E-state index contributed by atoms with van der Waals surface area (Å²) in [7, 11) is 2.25. The van der Waals surface area contributed by atoms with Gasteiger partial charge in [0.1, 0.15) is 5.69 Å². The Labute approximate surface area is 169 Å². The molecule has 4 nitrogen and oxygen atoms in total. The van der Waals surface area contributed by atoms with Crippen molar-refractivity contribution in [1.29, 1.82) is 0 Å². The number of piperidine rings is 2. The van der Waals surface area contributed by atoms with Gasteiger partial charge < -0.3 is 14.4 Å². The molecule has 2 aromatic rings. The monoisotopic (exact) mass is 379 g/mol. The Kier molecular flexibility index (Phi) is 5.33. The summed E-state index contributed by atoms with van der Waals surface area (Å²) in [6.07, 6.45) is 5.47. The number of aromatic nitrogens is 1. The molecule has 0 saturated carbocycles. The van der Waals surface area contributed by atoms with Gasteiger partial charge in [0, 0.05) is 38.4 Å². The fraction of sp³-hybridized carbons (Fsp3) is 0.542. The van der Waals surface area contributed by atoms with Crippen molar-refractivity contribution in [2.45, 2.75) is 45.1 Å². The van der Waals surface area contributed by atoms with Gasteiger partial charge in [-0.15, -0.1) is 0 Å². The first-order valence-electron chi connectivity index (χ1n) is 10.7. The van der Waals surface area contributed by atoms with Gasteiger partial charge in [0.25, 0.3) is 5.91 Å². The van der Waals surface area contributed by atoms with E-state index in [1.165, 1.54) is 12.0 Å². The van der Waals surface area contributed by atoms with Crippen molar-refractivity contribution < 1.29 is 4.79 Å². The van der Waals surface area contributed by atoms with Crippen LogP contribution in [-0.2, 0) is 0 Å². The number of rotatable bonds is 3. The number of carbonyl (C=O) groups is 1. The highest BCUT2D eigenvalue weighted by atomic mass is 16.2. The Morgan fingerprint density at radius 2 is 1.79 bits per heavy atom. The molecule has 1 aromatic carbocycles. The number of benzene rings is 1. The second kappa shape index (κ2) is 7.75. The summed E-state index contributed by atoms with van der Waals surface area (Å²) in [4.78, 5) is 17.7. The molecule has 0 radical (unpaired) electrons. The molecule has 0 aliphatic carbocycles. The predicted octanol–water partition coefficient (Wildman–Crippen LogP) is 4.41. The third-order valence-corrected chi connectivity index (χ3v) is 6.75. The van der Waals surface area contributed by atoms with E-state index in [1.54, 1.807) is 0 Å². The van der Waals surface area contributed by atoms with Crippen LogP contribution < -0.4 is 0 Å². The highest BCUT2D eigenvalue weighted by Gasteiger charge is 2.42. The molecule has 2 aliphatic heterocycles. The van der Waals surface area contributed by atoms with Crippen LogP contribution in [0.2, 0.25) is 0 Å². The third kappa shape index (κ3) is 3.75. The number of amides is 1. The average molecular weight is 380 g/mol. The molecule has 0 bridgehead atoms. The highest BCUT2D eigenvalue weighted by Crippen LogP contribution is 2.44. The van der Waals surface area contributed by atoms with Crippen molar-refractivity contribution in [2.75, 3.05) is 33.2 Å². The molecule has 150 valence electrons. The summed E-state index contributed by atoms with van der Waals surface area (Å²) < 4.78 is 2.09. The molecular weight excluding hydrogens is 346 g/mol. The summed E-state index contributed by atoms with van der Waals surface area (Å²) in [6, 6.07) is 15.2. The van der Waals surface area contributed by atoms with E-state index >= 15 is 0 Å². The molecule has 1 atom stereocenters. The molecule has 2 aliphatic rings. The molecule has 2 saturated heterocycles. The molecule has 2 fully saturated rings. The largest absolute Gasteiger partial charge is 0.341 e. The summed E-state index contributed by atoms with van der Waals surface area (Å²) in [5.74, 6) is 0.790. The lowest BCUT2D eigenvalue weighted by molar-refractivity contribution is 0.0219. The lowest BCUT2D eigenvalue weighted by Crippen LogP contribution is -2.51. The van der Waals surface area contributed by atoms with Gasteiger partial charge in [-0.3, -0.25) is 4.79 Å². The smallest absolute Gasteiger partial charge is 0.270 e. The molecule has 0 unspecified atom stereocenters. The van der Waals surface area contributed by atoms with Crippen LogP contribution in [-0.4, -0.2) is 53.5 Å². The number of hydrogen-bond donors (Lipinski definition) is 0. The van der Waals surface area contributed by atoms with E-state index in [4.69, 9.17) is 0 Å². The zero-order valence-electron chi connectivity index (χ0n) is 17.5. The normalized spacial score (nSPS) is 22.7. The van der Waals surface area contributed by atoms with E-state index in [1.807, 2.05) is 18.3 Å². The summed E-state index contributed by atoms with van der Waals surface area (Å²) in [5, 5.41) is 0. The number of likely N-dealkylation sites (N-methyl/N-ethyl adjacent to an activating group) is 1. The van der Waals surface area contributed by atoms with E-state index in [0.717, 1.165) is 44.7 Å². The van der Waals surface area contributed by atoms with Gasteiger partial charge in [0.05, 0.1) is 0 Å². The molecule has 3 heterocycles. The summed E-state index contributed by atoms with van der Waals surface area (Å²) >= 11 is 0. The number of hydrogen-bond acceptors (Lipinski definition) is 2. The average Bonchev–Trinajstić information content (AvgIpc) is 3.18. The fourth-order valence-corrected chi connectivity index (χ4v) is 5.35. The Morgan fingerprint density at radius 3 is 2.46 bits per heavy atom. The van der Waals surface area contributed by atoms with Crippen LogP contribution in [0.25, 0.3) is 0 Å². The van der Waals surface area contributed by atoms with Crippen molar-refractivity contribution >= 4 is 5.91 Å². The minimum Gasteiger partial charge on any atom is -0.341 e. The molecular formula is C24H33N3O. The van der Waals surface area contributed by atoms with Gasteiger partial charge in [-0.1, -0.05) is 30.3 Å². The molecule has 4 heteroatoms.